The van der Waals surface area contributed by atoms with E-state index in [0.717, 1.165) is 4.90 Å². The largest absolute Gasteiger partial charge is 0.393 e. The van der Waals surface area contributed by atoms with Gasteiger partial charge in [-0.05, 0) is 6.42 Å². The van der Waals surface area contributed by atoms with Gasteiger partial charge in [0.15, 0.2) is 0 Å². The van der Waals surface area contributed by atoms with Crippen LogP contribution in [-0.2, 0) is 4.79 Å². The van der Waals surface area contributed by atoms with Crippen LogP contribution in [0.15, 0.2) is 0 Å². The fourth-order valence-electron chi connectivity index (χ4n) is 1.29. The Morgan fingerprint density at radius 2 is 2.29 bits per heavy atom. The molecule has 1 aliphatic heterocycles. The Morgan fingerprint density at radius 1 is 1.64 bits per heavy atom. The van der Waals surface area contributed by atoms with Crippen molar-refractivity contribution in [3.05, 3.63) is 0 Å². The molecule has 1 aliphatic rings. The Bertz CT molecular complexity index is 280. The first-order valence-electron chi connectivity index (χ1n) is 4.46. The number of hydrogen-bond acceptors (Lipinski definition) is 3. The SMILES string of the molecule is CCC1NC(=O)N(CCC(N)=S)C1=O. The second kappa shape index (κ2) is 4.36. The molecule has 1 heterocycles. The van der Waals surface area contributed by atoms with Gasteiger partial charge in [-0.1, -0.05) is 19.1 Å². The predicted molar refractivity (Wildman–Crippen MR) is 55.7 cm³/mol. The summed E-state index contributed by atoms with van der Waals surface area (Å²) in [6, 6.07) is -0.730. The van der Waals surface area contributed by atoms with Crippen molar-refractivity contribution in [2.45, 2.75) is 25.8 Å². The van der Waals surface area contributed by atoms with E-state index >= 15 is 0 Å². The summed E-state index contributed by atoms with van der Waals surface area (Å²) in [5.74, 6) is -0.186. The van der Waals surface area contributed by atoms with Crippen LogP contribution in [0.5, 0.6) is 0 Å². The van der Waals surface area contributed by atoms with E-state index in [1.165, 1.54) is 0 Å². The number of amides is 3. The van der Waals surface area contributed by atoms with Gasteiger partial charge in [-0.2, -0.15) is 0 Å². The molecule has 1 fully saturated rings. The number of imide groups is 1. The predicted octanol–water partition coefficient (Wildman–Crippen LogP) is -0.00700. The highest BCUT2D eigenvalue weighted by atomic mass is 32.1. The van der Waals surface area contributed by atoms with Crippen LogP contribution in [-0.4, -0.2) is 34.4 Å². The molecule has 0 bridgehead atoms. The van der Waals surface area contributed by atoms with Gasteiger partial charge in [0.2, 0.25) is 0 Å². The minimum Gasteiger partial charge on any atom is -0.393 e. The molecular weight excluding hydrogens is 202 g/mol. The van der Waals surface area contributed by atoms with Gasteiger partial charge < -0.3 is 11.1 Å². The number of rotatable bonds is 4. The first-order chi connectivity index (χ1) is 6.56. The van der Waals surface area contributed by atoms with E-state index in [9.17, 15) is 9.59 Å². The third kappa shape index (κ3) is 2.20. The lowest BCUT2D eigenvalue weighted by Gasteiger charge is -2.11. The summed E-state index contributed by atoms with van der Waals surface area (Å²) in [6.45, 7) is 2.12. The van der Waals surface area contributed by atoms with Gasteiger partial charge in [-0.25, -0.2) is 4.79 Å². The lowest BCUT2D eigenvalue weighted by Crippen LogP contribution is -2.34. The zero-order chi connectivity index (χ0) is 10.7. The maximum Gasteiger partial charge on any atom is 0.324 e. The van der Waals surface area contributed by atoms with Crippen molar-refractivity contribution < 1.29 is 9.59 Å². The van der Waals surface area contributed by atoms with Crippen LogP contribution in [0, 0.1) is 0 Å². The molecule has 14 heavy (non-hydrogen) atoms. The lowest BCUT2D eigenvalue weighted by molar-refractivity contribution is -0.127. The zero-order valence-corrected chi connectivity index (χ0v) is 8.76. The minimum absolute atomic E-state index is 0.186. The maximum absolute atomic E-state index is 11.5. The molecule has 1 rings (SSSR count). The molecule has 78 valence electrons. The molecule has 0 radical (unpaired) electrons. The van der Waals surface area contributed by atoms with Gasteiger partial charge in [0, 0.05) is 13.0 Å². The Labute approximate surface area is 87.6 Å². The number of nitrogens with two attached hydrogens (primary N) is 1. The van der Waals surface area contributed by atoms with Gasteiger partial charge in [0.1, 0.15) is 6.04 Å². The van der Waals surface area contributed by atoms with Crippen molar-refractivity contribution in [1.29, 1.82) is 0 Å². The second-order valence-electron chi connectivity index (χ2n) is 3.12. The molecule has 0 spiro atoms. The third-order valence-electron chi connectivity index (χ3n) is 2.10. The van der Waals surface area contributed by atoms with Crippen molar-refractivity contribution >= 4 is 29.1 Å². The van der Waals surface area contributed by atoms with Gasteiger partial charge >= 0.3 is 6.03 Å². The van der Waals surface area contributed by atoms with Crippen LogP contribution in [0.3, 0.4) is 0 Å². The Hall–Kier alpha value is -1.17. The van der Waals surface area contributed by atoms with Gasteiger partial charge in [0.25, 0.3) is 5.91 Å². The number of nitrogens with zero attached hydrogens (tertiary/aromatic N) is 1. The molecule has 1 unspecified atom stereocenters. The van der Waals surface area contributed by atoms with Gasteiger partial charge in [-0.3, -0.25) is 9.69 Å². The van der Waals surface area contributed by atoms with Crippen LogP contribution in [0.2, 0.25) is 0 Å². The van der Waals surface area contributed by atoms with E-state index < -0.39 is 0 Å². The number of carbonyl (C=O) groups excluding carboxylic acids is 2. The second-order valence-corrected chi connectivity index (χ2v) is 3.64. The van der Waals surface area contributed by atoms with E-state index in [2.05, 4.69) is 17.5 Å². The van der Waals surface area contributed by atoms with Crippen molar-refractivity contribution in [3.8, 4) is 0 Å². The highest BCUT2D eigenvalue weighted by molar-refractivity contribution is 7.80. The van der Waals surface area contributed by atoms with E-state index in [1.54, 1.807) is 0 Å². The van der Waals surface area contributed by atoms with Crippen LogP contribution < -0.4 is 11.1 Å². The number of urea groups is 1. The molecule has 3 N–H and O–H groups in total. The topological polar surface area (TPSA) is 75.4 Å². The van der Waals surface area contributed by atoms with E-state index in [0.29, 0.717) is 17.8 Å². The zero-order valence-electron chi connectivity index (χ0n) is 7.95. The minimum atomic E-state index is -0.381. The number of carbonyl (C=O) groups is 2. The third-order valence-corrected chi connectivity index (χ3v) is 2.30. The van der Waals surface area contributed by atoms with Crippen LogP contribution in [0.25, 0.3) is 0 Å². The van der Waals surface area contributed by atoms with Crippen LogP contribution >= 0.6 is 12.2 Å². The van der Waals surface area contributed by atoms with Crippen molar-refractivity contribution in [2.75, 3.05) is 6.54 Å². The number of thiocarbonyl (C=S) groups is 1. The summed E-state index contributed by atoms with van der Waals surface area (Å²) >= 11 is 4.67. The fraction of sp³-hybridized carbons (Fsp3) is 0.625. The summed E-state index contributed by atoms with van der Waals surface area (Å²) in [5, 5.41) is 2.58. The smallest absolute Gasteiger partial charge is 0.324 e. The lowest BCUT2D eigenvalue weighted by atomic mass is 10.2. The van der Waals surface area contributed by atoms with Crippen molar-refractivity contribution in [2.24, 2.45) is 5.73 Å². The van der Waals surface area contributed by atoms with E-state index in [4.69, 9.17) is 5.73 Å². The summed E-state index contributed by atoms with van der Waals surface area (Å²) in [4.78, 5) is 24.3. The molecular formula is C8H13N3O2S. The average molecular weight is 215 g/mol. The Balaban J connectivity index is 2.56. The number of hydrogen-bond donors (Lipinski definition) is 2. The monoisotopic (exact) mass is 215 g/mol. The quantitative estimate of drug-likeness (QED) is 0.511. The molecule has 0 aromatic heterocycles. The fourth-order valence-corrected chi connectivity index (χ4v) is 1.38. The summed E-state index contributed by atoms with van der Waals surface area (Å²) in [6.07, 6.45) is 0.985. The van der Waals surface area contributed by atoms with Crippen molar-refractivity contribution in [1.82, 2.24) is 10.2 Å². The van der Waals surface area contributed by atoms with E-state index in [1.807, 2.05) is 6.92 Å². The van der Waals surface area contributed by atoms with Gasteiger partial charge in [-0.15, -0.1) is 0 Å². The maximum atomic E-state index is 11.5. The summed E-state index contributed by atoms with van der Waals surface area (Å²) in [5.41, 5.74) is 5.29. The number of nitrogens with one attached hydrogen (secondary N) is 1. The highest BCUT2D eigenvalue weighted by Gasteiger charge is 2.36. The Morgan fingerprint density at radius 3 is 2.71 bits per heavy atom. The van der Waals surface area contributed by atoms with E-state index in [-0.39, 0.29) is 24.5 Å². The normalized spacial score (nSPS) is 21.2. The highest BCUT2D eigenvalue weighted by Crippen LogP contribution is 2.09. The van der Waals surface area contributed by atoms with Crippen LogP contribution in [0.4, 0.5) is 4.79 Å². The average Bonchev–Trinajstić information content (AvgIpc) is 2.39. The van der Waals surface area contributed by atoms with Crippen molar-refractivity contribution in [3.63, 3.8) is 0 Å². The first kappa shape index (κ1) is 10.9. The summed E-state index contributed by atoms with van der Waals surface area (Å²) in [7, 11) is 0. The molecule has 6 heteroatoms. The molecule has 1 atom stereocenters. The molecule has 3 amide bonds. The molecule has 0 aliphatic carbocycles. The molecule has 0 aromatic rings. The molecule has 0 saturated carbocycles. The molecule has 5 nitrogen and oxygen atoms in total. The van der Waals surface area contributed by atoms with Crippen LogP contribution in [0.1, 0.15) is 19.8 Å². The summed E-state index contributed by atoms with van der Waals surface area (Å²) < 4.78 is 0. The first-order valence-corrected chi connectivity index (χ1v) is 4.87. The molecule has 1 saturated heterocycles. The van der Waals surface area contributed by atoms with Gasteiger partial charge in [0.05, 0.1) is 4.99 Å². The Kier molecular flexibility index (Phi) is 3.40. The molecule has 0 aromatic carbocycles. The standard InChI is InChI=1S/C8H13N3O2S/c1-2-5-7(12)11(8(13)10-5)4-3-6(9)14/h5H,2-4H2,1H3,(H2,9,14)(H,10,13).